The number of rotatable bonds is 1. The first-order chi connectivity index (χ1) is 9.95. The average molecular weight is 284 g/mol. The molecule has 21 heavy (non-hydrogen) atoms. The summed E-state index contributed by atoms with van der Waals surface area (Å²) in [7, 11) is 0. The first kappa shape index (κ1) is 13.7. The van der Waals surface area contributed by atoms with Crippen molar-refractivity contribution in [2.75, 3.05) is 17.2 Å². The molecule has 1 aromatic heterocycles. The quantitative estimate of drug-likeness (QED) is 0.846. The highest BCUT2D eigenvalue weighted by molar-refractivity contribution is 5.99. The van der Waals surface area contributed by atoms with Crippen LogP contribution in [0.3, 0.4) is 0 Å². The van der Waals surface area contributed by atoms with E-state index in [9.17, 15) is 4.79 Å². The number of fused-ring (bicyclic) bond motifs is 1. The Morgan fingerprint density at radius 2 is 2.10 bits per heavy atom. The summed E-state index contributed by atoms with van der Waals surface area (Å²) in [6.07, 6.45) is 4.40. The summed E-state index contributed by atoms with van der Waals surface area (Å²) >= 11 is 0. The van der Waals surface area contributed by atoms with Gasteiger partial charge in [0.15, 0.2) is 0 Å². The number of amides is 1. The van der Waals surface area contributed by atoms with Crippen molar-refractivity contribution in [3.8, 4) is 11.1 Å². The highest BCUT2D eigenvalue weighted by Crippen LogP contribution is 2.35. The van der Waals surface area contributed by atoms with E-state index in [1.807, 2.05) is 35.3 Å². The van der Waals surface area contributed by atoms with Crippen LogP contribution in [-0.2, 0) is 10.3 Å². The summed E-state index contributed by atoms with van der Waals surface area (Å²) in [6.45, 7) is 7.00. The number of benzene rings is 1. The number of nitrogens with zero attached hydrogens (tertiary/aromatic N) is 2. The normalized spacial score (nSPS) is 14.9. The monoisotopic (exact) mass is 284 g/mol. The lowest BCUT2D eigenvalue weighted by Gasteiger charge is -2.19. The molecule has 5 heteroatoms. The fourth-order valence-electron chi connectivity index (χ4n) is 2.43. The van der Waals surface area contributed by atoms with Crippen molar-refractivity contribution >= 4 is 17.3 Å². The number of aromatic nitrogens is 2. The zero-order valence-corrected chi connectivity index (χ0v) is 12.6. The molecule has 2 heterocycles. The first-order valence-electron chi connectivity index (χ1n) is 7.17. The molecule has 0 aliphatic carbocycles. The lowest BCUT2D eigenvalue weighted by Crippen LogP contribution is -2.21. The lowest BCUT2D eigenvalue weighted by molar-refractivity contribution is -0.115. The predicted molar refractivity (Wildman–Crippen MR) is 84.4 cm³/mol. The molecule has 0 saturated heterocycles. The molecule has 0 radical (unpaired) electrons. The zero-order chi connectivity index (χ0) is 15.0. The van der Waals surface area contributed by atoms with E-state index >= 15 is 0 Å². The van der Waals surface area contributed by atoms with E-state index in [4.69, 9.17) is 0 Å². The SMILES string of the molecule is CC(C)(C)n1cc(-c2cccc3c2NCCC(=O)N3)cn1. The Morgan fingerprint density at radius 1 is 1.29 bits per heavy atom. The van der Waals surface area contributed by atoms with Crippen LogP contribution in [0.2, 0.25) is 0 Å². The molecule has 0 saturated carbocycles. The van der Waals surface area contributed by atoms with E-state index in [0.29, 0.717) is 13.0 Å². The fourth-order valence-corrected chi connectivity index (χ4v) is 2.43. The third kappa shape index (κ3) is 2.63. The largest absolute Gasteiger partial charge is 0.382 e. The van der Waals surface area contributed by atoms with Gasteiger partial charge in [0.25, 0.3) is 0 Å². The van der Waals surface area contributed by atoms with Gasteiger partial charge in [-0.05, 0) is 26.8 Å². The fraction of sp³-hybridized carbons (Fsp3) is 0.375. The summed E-state index contributed by atoms with van der Waals surface area (Å²) in [4.78, 5) is 11.7. The van der Waals surface area contributed by atoms with Gasteiger partial charge in [-0.1, -0.05) is 12.1 Å². The molecule has 0 spiro atoms. The molecule has 0 atom stereocenters. The number of anilines is 2. The summed E-state index contributed by atoms with van der Waals surface area (Å²) in [5, 5.41) is 10.7. The number of nitrogens with one attached hydrogen (secondary N) is 2. The first-order valence-corrected chi connectivity index (χ1v) is 7.17. The molecule has 1 aliphatic rings. The molecule has 110 valence electrons. The van der Waals surface area contributed by atoms with E-state index in [2.05, 4.69) is 36.5 Å². The van der Waals surface area contributed by atoms with Crippen LogP contribution in [0, 0.1) is 0 Å². The smallest absolute Gasteiger partial charge is 0.226 e. The molecule has 2 N–H and O–H groups in total. The maximum absolute atomic E-state index is 11.7. The maximum Gasteiger partial charge on any atom is 0.226 e. The summed E-state index contributed by atoms with van der Waals surface area (Å²) in [5.41, 5.74) is 3.86. The standard InChI is InChI=1S/C16H20N4O/c1-16(2,3)20-10-11(9-18-20)12-5-4-6-13-15(12)17-8-7-14(21)19-13/h4-6,9-10,17H,7-8H2,1-3H3,(H,19,21). The molecule has 5 nitrogen and oxygen atoms in total. The van der Waals surface area contributed by atoms with Crippen LogP contribution in [-0.4, -0.2) is 22.2 Å². The Morgan fingerprint density at radius 3 is 2.81 bits per heavy atom. The molecule has 1 aromatic carbocycles. The molecular weight excluding hydrogens is 264 g/mol. The molecular formula is C16H20N4O. The summed E-state index contributed by atoms with van der Waals surface area (Å²) < 4.78 is 1.96. The van der Waals surface area contributed by atoms with Crippen LogP contribution in [0.4, 0.5) is 11.4 Å². The van der Waals surface area contributed by atoms with Crippen LogP contribution < -0.4 is 10.6 Å². The van der Waals surface area contributed by atoms with Gasteiger partial charge >= 0.3 is 0 Å². The Bertz CT molecular complexity index is 682. The van der Waals surface area contributed by atoms with Gasteiger partial charge in [0.2, 0.25) is 5.91 Å². The minimum Gasteiger partial charge on any atom is -0.382 e. The third-order valence-corrected chi connectivity index (χ3v) is 3.57. The number of hydrogen-bond acceptors (Lipinski definition) is 3. The summed E-state index contributed by atoms with van der Waals surface area (Å²) in [5.74, 6) is 0.0452. The number of carbonyl (C=O) groups excluding carboxylic acids is 1. The van der Waals surface area contributed by atoms with E-state index in [1.165, 1.54) is 0 Å². The third-order valence-electron chi connectivity index (χ3n) is 3.57. The van der Waals surface area contributed by atoms with Crippen molar-refractivity contribution in [3.63, 3.8) is 0 Å². The molecule has 0 unspecified atom stereocenters. The maximum atomic E-state index is 11.7. The van der Waals surface area contributed by atoms with Crippen LogP contribution in [0.5, 0.6) is 0 Å². The van der Waals surface area contributed by atoms with Crippen molar-refractivity contribution in [3.05, 3.63) is 30.6 Å². The second-order valence-corrected chi connectivity index (χ2v) is 6.30. The Hall–Kier alpha value is -2.30. The molecule has 0 fully saturated rings. The topological polar surface area (TPSA) is 59.0 Å². The van der Waals surface area contributed by atoms with Gasteiger partial charge in [0, 0.05) is 30.3 Å². The van der Waals surface area contributed by atoms with Gasteiger partial charge < -0.3 is 10.6 Å². The van der Waals surface area contributed by atoms with Crippen LogP contribution in [0.1, 0.15) is 27.2 Å². The van der Waals surface area contributed by atoms with Crippen molar-refractivity contribution in [1.82, 2.24) is 9.78 Å². The number of carbonyl (C=O) groups is 1. The Labute approximate surface area is 124 Å². The average Bonchev–Trinajstić information content (AvgIpc) is 2.82. The molecule has 1 aliphatic heterocycles. The van der Waals surface area contributed by atoms with Crippen molar-refractivity contribution < 1.29 is 4.79 Å². The van der Waals surface area contributed by atoms with E-state index in [-0.39, 0.29) is 11.4 Å². The second kappa shape index (κ2) is 4.91. The minimum absolute atomic E-state index is 0.0452. The minimum atomic E-state index is -0.0500. The van der Waals surface area contributed by atoms with Gasteiger partial charge in [-0.3, -0.25) is 9.48 Å². The van der Waals surface area contributed by atoms with Crippen molar-refractivity contribution in [2.45, 2.75) is 32.7 Å². The molecule has 1 amide bonds. The Kier molecular flexibility index (Phi) is 3.20. The van der Waals surface area contributed by atoms with Gasteiger partial charge in [-0.25, -0.2) is 0 Å². The van der Waals surface area contributed by atoms with Crippen LogP contribution in [0.25, 0.3) is 11.1 Å². The molecule has 3 rings (SSSR count). The molecule has 2 aromatic rings. The predicted octanol–water partition coefficient (Wildman–Crippen LogP) is 3.06. The van der Waals surface area contributed by atoms with Crippen molar-refractivity contribution in [2.24, 2.45) is 0 Å². The molecule has 0 bridgehead atoms. The number of hydrogen-bond donors (Lipinski definition) is 2. The highest BCUT2D eigenvalue weighted by atomic mass is 16.1. The second-order valence-electron chi connectivity index (χ2n) is 6.30. The number of para-hydroxylation sites is 1. The van der Waals surface area contributed by atoms with Gasteiger partial charge in [0.05, 0.1) is 23.1 Å². The lowest BCUT2D eigenvalue weighted by atomic mass is 10.1. The summed E-state index contributed by atoms with van der Waals surface area (Å²) in [6, 6.07) is 5.92. The van der Waals surface area contributed by atoms with Crippen molar-refractivity contribution in [1.29, 1.82) is 0 Å². The highest BCUT2D eigenvalue weighted by Gasteiger charge is 2.19. The van der Waals surface area contributed by atoms with Gasteiger partial charge in [0.1, 0.15) is 0 Å². The van der Waals surface area contributed by atoms with Gasteiger partial charge in [-0.15, -0.1) is 0 Å². The van der Waals surface area contributed by atoms with Crippen LogP contribution >= 0.6 is 0 Å². The Balaban J connectivity index is 2.05. The zero-order valence-electron chi connectivity index (χ0n) is 12.6. The van der Waals surface area contributed by atoms with E-state index in [1.54, 1.807) is 0 Å². The van der Waals surface area contributed by atoms with E-state index < -0.39 is 0 Å². The van der Waals surface area contributed by atoms with E-state index in [0.717, 1.165) is 22.5 Å². The van der Waals surface area contributed by atoms with Crippen LogP contribution in [0.15, 0.2) is 30.6 Å². The van der Waals surface area contributed by atoms with Gasteiger partial charge in [-0.2, -0.15) is 5.10 Å².